The number of amides is 2. The molecule has 1 saturated carbocycles. The Labute approximate surface area is 275 Å². The summed E-state index contributed by atoms with van der Waals surface area (Å²) in [6.07, 6.45) is 2.96. The number of methoxy groups -OCH3 is 1. The van der Waals surface area contributed by atoms with E-state index in [1.807, 2.05) is 29.1 Å². The Kier molecular flexibility index (Phi) is 7.99. The van der Waals surface area contributed by atoms with Crippen molar-refractivity contribution in [2.75, 3.05) is 51.9 Å². The summed E-state index contributed by atoms with van der Waals surface area (Å²) in [5, 5.41) is 10.5. The zero-order valence-corrected chi connectivity index (χ0v) is 27.3. The Morgan fingerprint density at radius 1 is 1.17 bits per heavy atom. The molecule has 1 atom stereocenters. The lowest BCUT2D eigenvalue weighted by Crippen LogP contribution is -2.64. The van der Waals surface area contributed by atoms with E-state index in [4.69, 9.17) is 19.6 Å². The van der Waals surface area contributed by atoms with Crippen molar-refractivity contribution < 1.29 is 27.8 Å². The molecule has 1 aromatic carbocycles. The molecule has 2 amide bonds. The first-order valence-electron chi connectivity index (χ1n) is 15.7. The molecule has 2 fully saturated rings. The van der Waals surface area contributed by atoms with Gasteiger partial charge in [-0.1, -0.05) is 6.58 Å². The van der Waals surface area contributed by atoms with Gasteiger partial charge in [0.05, 0.1) is 30.5 Å². The molecule has 4 aromatic rings. The maximum atomic E-state index is 16.0. The molecular weight excluding hydrogens is 626 g/mol. The van der Waals surface area contributed by atoms with Gasteiger partial charge in [-0.15, -0.1) is 11.3 Å². The number of halogens is 2. The predicted octanol–water partition coefficient (Wildman–Crippen LogP) is 5.18. The Balaban J connectivity index is 1.37. The van der Waals surface area contributed by atoms with Gasteiger partial charge in [-0.2, -0.15) is 5.10 Å². The highest BCUT2D eigenvalue weighted by Crippen LogP contribution is 2.55. The van der Waals surface area contributed by atoms with Crippen LogP contribution in [0.25, 0.3) is 32.6 Å². The van der Waals surface area contributed by atoms with E-state index in [1.54, 1.807) is 11.9 Å². The Morgan fingerprint density at radius 3 is 2.68 bits per heavy atom. The maximum absolute atomic E-state index is 16.0. The molecule has 1 spiro atoms. The molecule has 7 rings (SSSR count). The van der Waals surface area contributed by atoms with Crippen LogP contribution >= 0.6 is 11.3 Å². The van der Waals surface area contributed by atoms with Gasteiger partial charge < -0.3 is 24.6 Å². The predicted molar refractivity (Wildman–Crippen MR) is 175 cm³/mol. The Morgan fingerprint density at radius 2 is 1.96 bits per heavy atom. The average molecular weight is 663 g/mol. The highest BCUT2D eigenvalue weighted by Gasteiger charge is 2.55. The molecule has 0 bridgehead atoms. The van der Waals surface area contributed by atoms with E-state index in [9.17, 15) is 14.0 Å². The molecule has 13 heteroatoms. The number of fused-ring (bicyclic) bond motifs is 2. The van der Waals surface area contributed by atoms with Crippen molar-refractivity contribution in [2.45, 2.75) is 32.4 Å². The summed E-state index contributed by atoms with van der Waals surface area (Å²) in [6, 6.07) is 5.63. The molecule has 2 aliphatic heterocycles. The van der Waals surface area contributed by atoms with Crippen molar-refractivity contribution in [3.63, 3.8) is 0 Å². The number of ether oxygens (including phenoxy) is 2. The van der Waals surface area contributed by atoms with Crippen LogP contribution < -0.4 is 15.0 Å². The lowest BCUT2D eigenvalue weighted by Gasteiger charge is -2.59. The smallest absolute Gasteiger partial charge is 0.246 e. The van der Waals surface area contributed by atoms with Crippen LogP contribution in [0.4, 0.5) is 14.6 Å². The largest absolute Gasteiger partial charge is 0.490 e. The van der Waals surface area contributed by atoms with Crippen molar-refractivity contribution in [1.82, 2.24) is 25.0 Å². The number of pyridine rings is 1. The SMILES string of the molecule is C=CC(=O)N1CCn2nc(-c3nc(N4CC5(CC(C(=O)NC)C5)C4)c4ccsc4c3-c3c(F)cc(F)cc3OCCOC)cc2C1C. The molecule has 246 valence electrons. The number of anilines is 1. The van der Waals surface area contributed by atoms with Gasteiger partial charge in [-0.25, -0.2) is 13.8 Å². The lowest BCUT2D eigenvalue weighted by molar-refractivity contribution is -0.133. The van der Waals surface area contributed by atoms with Gasteiger partial charge in [0.1, 0.15) is 41.2 Å². The number of rotatable bonds is 9. The molecule has 5 heterocycles. The number of nitrogens with zero attached hydrogens (tertiary/aromatic N) is 5. The molecule has 1 unspecified atom stereocenters. The number of aromatic nitrogens is 3. The molecule has 10 nitrogen and oxygen atoms in total. The number of hydrogen-bond donors (Lipinski definition) is 1. The molecule has 3 aromatic heterocycles. The first kappa shape index (κ1) is 31.3. The summed E-state index contributed by atoms with van der Waals surface area (Å²) < 4.78 is 44.3. The van der Waals surface area contributed by atoms with Crippen molar-refractivity contribution in [1.29, 1.82) is 0 Å². The number of benzene rings is 1. The number of nitrogens with one attached hydrogen (secondary N) is 1. The van der Waals surface area contributed by atoms with Crippen LogP contribution in [0, 0.1) is 23.0 Å². The molecule has 1 aliphatic carbocycles. The van der Waals surface area contributed by atoms with Crippen LogP contribution in [0.3, 0.4) is 0 Å². The van der Waals surface area contributed by atoms with Crippen LogP contribution in [0.5, 0.6) is 5.75 Å². The third-order valence-electron chi connectivity index (χ3n) is 9.69. The summed E-state index contributed by atoms with van der Waals surface area (Å²) >= 11 is 1.44. The van der Waals surface area contributed by atoms with Crippen molar-refractivity contribution in [3.8, 4) is 28.3 Å². The third-order valence-corrected chi connectivity index (χ3v) is 10.6. The van der Waals surface area contributed by atoms with E-state index in [-0.39, 0.29) is 53.7 Å². The number of thiophene rings is 1. The Hall–Kier alpha value is -4.36. The van der Waals surface area contributed by atoms with Crippen molar-refractivity contribution in [3.05, 3.63) is 59.6 Å². The van der Waals surface area contributed by atoms with E-state index in [2.05, 4.69) is 16.8 Å². The summed E-state index contributed by atoms with van der Waals surface area (Å²) in [5.41, 5.74) is 2.39. The second kappa shape index (κ2) is 12.0. The minimum Gasteiger partial charge on any atom is -0.490 e. The third kappa shape index (κ3) is 5.25. The molecule has 0 radical (unpaired) electrons. The zero-order chi connectivity index (χ0) is 33.0. The van der Waals surface area contributed by atoms with Gasteiger partial charge in [0.2, 0.25) is 11.8 Å². The highest BCUT2D eigenvalue weighted by molar-refractivity contribution is 7.18. The molecule has 3 aliphatic rings. The lowest BCUT2D eigenvalue weighted by atomic mass is 9.57. The molecular formula is C34H36F2N6O4S. The van der Waals surface area contributed by atoms with E-state index < -0.39 is 11.6 Å². The highest BCUT2D eigenvalue weighted by atomic mass is 32.1. The van der Waals surface area contributed by atoms with Crippen LogP contribution in [-0.2, 0) is 20.9 Å². The Bertz CT molecular complexity index is 1890. The second-order valence-electron chi connectivity index (χ2n) is 12.6. The van der Waals surface area contributed by atoms with Crippen LogP contribution in [0.15, 0.2) is 42.3 Å². The van der Waals surface area contributed by atoms with Gasteiger partial charge in [0.15, 0.2) is 0 Å². The molecule has 1 N–H and O–H groups in total. The minimum absolute atomic E-state index is 0.0265. The monoisotopic (exact) mass is 662 g/mol. The van der Waals surface area contributed by atoms with Gasteiger partial charge in [-0.3, -0.25) is 14.3 Å². The van der Waals surface area contributed by atoms with Crippen molar-refractivity contribution >= 4 is 39.1 Å². The fourth-order valence-electron chi connectivity index (χ4n) is 7.39. The molecule has 1 saturated heterocycles. The fourth-order valence-corrected chi connectivity index (χ4v) is 8.33. The number of carbonyl (C=O) groups excluding carboxylic acids is 2. The van der Waals surface area contributed by atoms with Gasteiger partial charge in [0, 0.05) is 72.9 Å². The zero-order valence-electron chi connectivity index (χ0n) is 26.5. The summed E-state index contributed by atoms with van der Waals surface area (Å²) in [5.74, 6) is -0.801. The van der Waals surface area contributed by atoms with Crippen LogP contribution in [0.2, 0.25) is 0 Å². The topological polar surface area (TPSA) is 102 Å². The normalized spacial score (nSPS) is 18.5. The number of hydrogen-bond acceptors (Lipinski definition) is 8. The van der Waals surface area contributed by atoms with Gasteiger partial charge >= 0.3 is 0 Å². The quantitative estimate of drug-likeness (QED) is 0.195. The van der Waals surface area contributed by atoms with Gasteiger partial charge in [0.25, 0.3) is 0 Å². The number of carbonyl (C=O) groups is 2. The standard InChI is InChI=1S/C34H36F2N6O4S/c1-5-27(43)41-7-8-42-25(19(41)2)14-24(39-42)30-29(28-23(36)12-21(35)13-26(28)46-10-9-45-4)31-22(6-11-47-31)32(38-30)40-17-34(18-40)15-20(16-34)33(44)37-3/h5-6,11-14,19-20H,1,7-10,15-18H2,2-4H3,(H,37,44). The van der Waals surface area contributed by atoms with E-state index >= 15 is 4.39 Å². The first-order chi connectivity index (χ1) is 22.7. The summed E-state index contributed by atoms with van der Waals surface area (Å²) in [4.78, 5) is 33.9. The fraction of sp³-hybridized carbons (Fsp3) is 0.412. The maximum Gasteiger partial charge on any atom is 0.246 e. The van der Waals surface area contributed by atoms with E-state index in [0.29, 0.717) is 30.0 Å². The van der Waals surface area contributed by atoms with Gasteiger partial charge in [-0.05, 0) is 43.4 Å². The van der Waals surface area contributed by atoms with Crippen molar-refractivity contribution in [2.24, 2.45) is 11.3 Å². The summed E-state index contributed by atoms with van der Waals surface area (Å²) in [7, 11) is 3.20. The van der Waals surface area contributed by atoms with E-state index in [1.165, 1.54) is 30.6 Å². The second-order valence-corrected chi connectivity index (χ2v) is 13.5. The average Bonchev–Trinajstić information content (AvgIpc) is 3.68. The minimum atomic E-state index is -0.777. The summed E-state index contributed by atoms with van der Waals surface area (Å²) in [6.45, 7) is 8.35. The van der Waals surface area contributed by atoms with Crippen LogP contribution in [-0.4, -0.2) is 78.5 Å². The van der Waals surface area contributed by atoms with E-state index in [0.717, 1.165) is 53.6 Å². The van der Waals surface area contributed by atoms with Crippen LogP contribution in [0.1, 0.15) is 31.5 Å². The first-order valence-corrected chi connectivity index (χ1v) is 16.5. The molecule has 47 heavy (non-hydrogen) atoms.